The van der Waals surface area contributed by atoms with E-state index in [1.165, 1.54) is 24.0 Å². The highest BCUT2D eigenvalue weighted by atomic mass is 16.3. The molecule has 0 amide bonds. The van der Waals surface area contributed by atoms with Crippen LogP contribution >= 0.6 is 0 Å². The molecule has 3 aliphatic rings. The van der Waals surface area contributed by atoms with Crippen LogP contribution in [0.25, 0.3) is 0 Å². The van der Waals surface area contributed by atoms with Crippen molar-refractivity contribution in [1.29, 1.82) is 0 Å². The van der Waals surface area contributed by atoms with Gasteiger partial charge < -0.3 is 5.11 Å². The predicted octanol–water partition coefficient (Wildman–Crippen LogP) is 4.55. The SMILES string of the molecule is C[C@@H]1Cc2cc(N=O)ccc2C2CC[C@@]3(C)C(CC[C@H]3O)C21. The number of aliphatic hydroxyl groups excluding tert-OH is 1. The van der Waals surface area contributed by atoms with Gasteiger partial charge in [0.2, 0.25) is 0 Å². The molecule has 3 unspecified atom stereocenters. The van der Waals surface area contributed by atoms with E-state index >= 15 is 0 Å². The second-order valence-corrected chi connectivity index (χ2v) is 8.08. The fourth-order valence-corrected chi connectivity index (χ4v) is 5.99. The van der Waals surface area contributed by atoms with Gasteiger partial charge in [0.1, 0.15) is 5.69 Å². The summed E-state index contributed by atoms with van der Waals surface area (Å²) in [6.45, 7) is 4.67. The third-order valence-electron chi connectivity index (χ3n) is 7.11. The van der Waals surface area contributed by atoms with Gasteiger partial charge >= 0.3 is 0 Å². The molecule has 0 spiro atoms. The lowest BCUT2D eigenvalue weighted by atomic mass is 9.53. The molecular formula is C19H25NO2. The van der Waals surface area contributed by atoms with E-state index in [9.17, 15) is 10.0 Å². The smallest absolute Gasteiger partial charge is 0.108 e. The van der Waals surface area contributed by atoms with Crippen LogP contribution in [0.1, 0.15) is 56.6 Å². The Morgan fingerprint density at radius 1 is 1.27 bits per heavy atom. The molecule has 0 bridgehead atoms. The van der Waals surface area contributed by atoms with Gasteiger partial charge in [0.15, 0.2) is 0 Å². The third-order valence-corrected chi connectivity index (χ3v) is 7.11. The first-order valence-electron chi connectivity index (χ1n) is 8.69. The van der Waals surface area contributed by atoms with Crippen LogP contribution < -0.4 is 0 Å². The van der Waals surface area contributed by atoms with Crippen molar-refractivity contribution in [2.75, 3.05) is 0 Å². The molecular weight excluding hydrogens is 274 g/mol. The van der Waals surface area contributed by atoms with Crippen molar-refractivity contribution in [3.05, 3.63) is 34.2 Å². The summed E-state index contributed by atoms with van der Waals surface area (Å²) < 4.78 is 0. The van der Waals surface area contributed by atoms with Gasteiger partial charge in [0.25, 0.3) is 0 Å². The molecule has 0 aromatic heterocycles. The lowest BCUT2D eigenvalue weighted by molar-refractivity contribution is -0.0356. The lowest BCUT2D eigenvalue weighted by Crippen LogP contribution is -2.46. The summed E-state index contributed by atoms with van der Waals surface area (Å²) >= 11 is 0. The number of benzene rings is 1. The van der Waals surface area contributed by atoms with E-state index in [0.717, 1.165) is 19.3 Å². The third kappa shape index (κ3) is 1.84. The van der Waals surface area contributed by atoms with Gasteiger partial charge in [-0.05, 0) is 89.6 Å². The molecule has 1 aromatic rings. The highest BCUT2D eigenvalue weighted by Gasteiger charge is 2.55. The minimum atomic E-state index is -0.117. The van der Waals surface area contributed by atoms with Crippen molar-refractivity contribution in [3.63, 3.8) is 0 Å². The van der Waals surface area contributed by atoms with Gasteiger partial charge in [-0.15, -0.1) is 4.91 Å². The van der Waals surface area contributed by atoms with Crippen molar-refractivity contribution in [1.82, 2.24) is 0 Å². The van der Waals surface area contributed by atoms with Crippen LogP contribution in [0.4, 0.5) is 5.69 Å². The van der Waals surface area contributed by atoms with Gasteiger partial charge in [-0.3, -0.25) is 0 Å². The summed E-state index contributed by atoms with van der Waals surface area (Å²) in [5.74, 6) is 2.55. The van der Waals surface area contributed by atoms with Crippen molar-refractivity contribution in [3.8, 4) is 0 Å². The van der Waals surface area contributed by atoms with Gasteiger partial charge in [-0.2, -0.15) is 0 Å². The fourth-order valence-electron chi connectivity index (χ4n) is 5.99. The Morgan fingerprint density at radius 2 is 2.09 bits per heavy atom. The van der Waals surface area contributed by atoms with Crippen molar-refractivity contribution < 1.29 is 5.11 Å². The normalized spacial score (nSPS) is 43.1. The molecule has 118 valence electrons. The molecule has 1 N–H and O–H groups in total. The van der Waals surface area contributed by atoms with E-state index in [4.69, 9.17) is 0 Å². The van der Waals surface area contributed by atoms with E-state index < -0.39 is 0 Å². The Labute approximate surface area is 132 Å². The number of nitroso groups, excluding NO2 is 1. The molecule has 0 saturated heterocycles. The highest BCUT2D eigenvalue weighted by molar-refractivity contribution is 5.47. The van der Waals surface area contributed by atoms with Crippen molar-refractivity contribution in [2.24, 2.45) is 28.3 Å². The molecule has 22 heavy (non-hydrogen) atoms. The van der Waals surface area contributed by atoms with Gasteiger partial charge in [0.05, 0.1) is 6.10 Å². The molecule has 2 fully saturated rings. The maximum absolute atomic E-state index is 10.8. The molecule has 0 radical (unpaired) electrons. The van der Waals surface area contributed by atoms with Crippen LogP contribution in [-0.4, -0.2) is 11.2 Å². The van der Waals surface area contributed by atoms with Gasteiger partial charge in [0, 0.05) is 0 Å². The molecule has 3 heteroatoms. The maximum atomic E-state index is 10.8. The predicted molar refractivity (Wildman–Crippen MR) is 87.1 cm³/mol. The summed E-state index contributed by atoms with van der Waals surface area (Å²) in [6.07, 6.45) is 5.36. The topological polar surface area (TPSA) is 49.7 Å². The summed E-state index contributed by atoms with van der Waals surface area (Å²) in [7, 11) is 0. The second-order valence-electron chi connectivity index (χ2n) is 8.08. The van der Waals surface area contributed by atoms with Gasteiger partial charge in [-0.1, -0.05) is 19.9 Å². The monoisotopic (exact) mass is 299 g/mol. The standard InChI is InChI=1S/C19H25NO2/c1-11-9-12-10-13(20-22)3-4-14(12)15-7-8-19(2)16(18(11)15)5-6-17(19)21/h3-4,10-11,15-18,21H,5-9H2,1-2H3/t11-,15?,16?,17-,18?,19+/m1/s1. The Hall–Kier alpha value is -1.22. The summed E-state index contributed by atoms with van der Waals surface area (Å²) in [4.78, 5) is 10.8. The molecule has 0 heterocycles. The molecule has 3 aliphatic carbocycles. The van der Waals surface area contributed by atoms with Crippen molar-refractivity contribution >= 4 is 5.69 Å². The minimum Gasteiger partial charge on any atom is -0.393 e. The average Bonchev–Trinajstić information content (AvgIpc) is 2.82. The number of nitrogens with zero attached hydrogens (tertiary/aromatic N) is 1. The Kier molecular flexibility index (Phi) is 3.19. The quantitative estimate of drug-likeness (QED) is 0.773. The number of rotatable bonds is 1. The molecule has 0 aliphatic heterocycles. The number of hydrogen-bond acceptors (Lipinski definition) is 3. The molecule has 4 rings (SSSR count). The molecule has 1 aromatic carbocycles. The maximum Gasteiger partial charge on any atom is 0.108 e. The van der Waals surface area contributed by atoms with E-state index in [1.807, 2.05) is 12.1 Å². The fraction of sp³-hybridized carbons (Fsp3) is 0.684. The first-order valence-corrected chi connectivity index (χ1v) is 8.69. The van der Waals surface area contributed by atoms with E-state index in [-0.39, 0.29) is 11.5 Å². The Bertz CT molecular complexity index is 613. The Balaban J connectivity index is 1.75. The van der Waals surface area contributed by atoms with Crippen LogP contribution in [0.2, 0.25) is 0 Å². The van der Waals surface area contributed by atoms with Gasteiger partial charge in [-0.25, -0.2) is 0 Å². The van der Waals surface area contributed by atoms with E-state index in [1.54, 1.807) is 0 Å². The highest BCUT2D eigenvalue weighted by Crippen LogP contribution is 2.62. The van der Waals surface area contributed by atoms with E-state index in [2.05, 4.69) is 25.1 Å². The van der Waals surface area contributed by atoms with Crippen LogP contribution in [0, 0.1) is 28.1 Å². The zero-order valence-corrected chi connectivity index (χ0v) is 13.5. The zero-order chi connectivity index (χ0) is 15.5. The molecule has 2 saturated carbocycles. The first kappa shape index (κ1) is 14.4. The summed E-state index contributed by atoms with van der Waals surface area (Å²) in [5.41, 5.74) is 3.45. The number of fused-ring (bicyclic) bond motifs is 5. The minimum absolute atomic E-state index is 0.117. The molecule has 6 atom stereocenters. The summed E-state index contributed by atoms with van der Waals surface area (Å²) in [6, 6.07) is 6.01. The molecule has 3 nitrogen and oxygen atoms in total. The van der Waals surface area contributed by atoms with Crippen LogP contribution in [0.15, 0.2) is 23.4 Å². The van der Waals surface area contributed by atoms with Crippen LogP contribution in [0.3, 0.4) is 0 Å². The number of hydrogen-bond donors (Lipinski definition) is 1. The first-order chi connectivity index (χ1) is 10.5. The zero-order valence-electron chi connectivity index (χ0n) is 13.5. The summed E-state index contributed by atoms with van der Waals surface area (Å²) in [5, 5.41) is 13.6. The second kappa shape index (κ2) is 4.89. The lowest BCUT2D eigenvalue weighted by Gasteiger charge is -2.52. The van der Waals surface area contributed by atoms with Crippen LogP contribution in [-0.2, 0) is 6.42 Å². The Morgan fingerprint density at radius 3 is 2.86 bits per heavy atom. The largest absolute Gasteiger partial charge is 0.393 e. The van der Waals surface area contributed by atoms with Crippen LogP contribution in [0.5, 0.6) is 0 Å². The van der Waals surface area contributed by atoms with E-state index in [0.29, 0.717) is 29.4 Å². The average molecular weight is 299 g/mol. The van der Waals surface area contributed by atoms with Crippen molar-refractivity contribution in [2.45, 2.75) is 58.0 Å². The number of aliphatic hydroxyl groups is 1.